The van der Waals surface area contributed by atoms with Gasteiger partial charge in [-0.15, -0.1) is 0 Å². The van der Waals surface area contributed by atoms with Gasteiger partial charge in [0.05, 0.1) is 5.54 Å². The first-order valence-electron chi connectivity index (χ1n) is 8.04. The zero-order valence-electron chi connectivity index (χ0n) is 12.8. The zero-order valence-corrected chi connectivity index (χ0v) is 12.8. The van der Waals surface area contributed by atoms with Gasteiger partial charge in [0.15, 0.2) is 0 Å². The van der Waals surface area contributed by atoms with Gasteiger partial charge in [0.1, 0.15) is 12.7 Å². The molecule has 6 nitrogen and oxygen atoms in total. The largest absolute Gasteiger partial charge is 0.341 e. The molecule has 0 aliphatic carbocycles. The highest BCUT2D eigenvalue weighted by atomic mass is 16.2. The SMILES string of the molecule is C[C@@]1(C(=O)N2CCC[C@H](Cn3cncn3)C2)CCCCN1. The van der Waals surface area contributed by atoms with Crippen LogP contribution in [0.1, 0.15) is 39.0 Å². The van der Waals surface area contributed by atoms with Crippen molar-refractivity contribution in [1.82, 2.24) is 25.0 Å². The van der Waals surface area contributed by atoms with E-state index < -0.39 is 0 Å². The lowest BCUT2D eigenvalue weighted by Crippen LogP contribution is -2.59. The molecule has 21 heavy (non-hydrogen) atoms. The molecule has 0 saturated carbocycles. The summed E-state index contributed by atoms with van der Waals surface area (Å²) in [7, 11) is 0. The lowest BCUT2D eigenvalue weighted by Gasteiger charge is -2.41. The second kappa shape index (κ2) is 6.13. The highest BCUT2D eigenvalue weighted by molar-refractivity contribution is 5.86. The summed E-state index contributed by atoms with van der Waals surface area (Å²) in [5.74, 6) is 0.766. The van der Waals surface area contributed by atoms with Gasteiger partial charge < -0.3 is 10.2 Å². The van der Waals surface area contributed by atoms with Gasteiger partial charge in [-0.25, -0.2) is 4.98 Å². The van der Waals surface area contributed by atoms with Crippen molar-refractivity contribution in [2.75, 3.05) is 19.6 Å². The first kappa shape index (κ1) is 14.5. The van der Waals surface area contributed by atoms with Crippen LogP contribution in [-0.2, 0) is 11.3 Å². The Kier molecular flexibility index (Phi) is 4.24. The van der Waals surface area contributed by atoms with Gasteiger partial charge in [0.2, 0.25) is 5.91 Å². The van der Waals surface area contributed by atoms with Crippen molar-refractivity contribution in [3.63, 3.8) is 0 Å². The van der Waals surface area contributed by atoms with E-state index in [-0.39, 0.29) is 11.4 Å². The Hall–Kier alpha value is -1.43. The summed E-state index contributed by atoms with van der Waals surface area (Å²) in [6, 6.07) is 0. The molecule has 3 heterocycles. The number of carbonyl (C=O) groups is 1. The minimum absolute atomic E-state index is 0.283. The molecule has 1 N–H and O–H groups in total. The molecular weight excluding hydrogens is 266 g/mol. The van der Waals surface area contributed by atoms with Gasteiger partial charge in [-0.3, -0.25) is 9.48 Å². The van der Waals surface area contributed by atoms with Crippen molar-refractivity contribution in [3.8, 4) is 0 Å². The smallest absolute Gasteiger partial charge is 0.242 e. The number of rotatable bonds is 3. The molecule has 2 aliphatic heterocycles. The van der Waals surface area contributed by atoms with Crippen molar-refractivity contribution in [3.05, 3.63) is 12.7 Å². The Morgan fingerprint density at radius 3 is 3.05 bits per heavy atom. The molecule has 1 aromatic rings. The first-order valence-corrected chi connectivity index (χ1v) is 8.04. The van der Waals surface area contributed by atoms with E-state index in [1.807, 2.05) is 4.68 Å². The van der Waals surface area contributed by atoms with E-state index >= 15 is 0 Å². The van der Waals surface area contributed by atoms with E-state index in [0.29, 0.717) is 5.92 Å². The molecule has 2 fully saturated rings. The Labute approximate surface area is 125 Å². The number of piperidine rings is 2. The highest BCUT2D eigenvalue weighted by Crippen LogP contribution is 2.25. The van der Waals surface area contributed by atoms with Crippen LogP contribution in [0.2, 0.25) is 0 Å². The van der Waals surface area contributed by atoms with Crippen LogP contribution in [0.25, 0.3) is 0 Å². The van der Waals surface area contributed by atoms with E-state index in [1.54, 1.807) is 12.7 Å². The third-order valence-electron chi connectivity index (χ3n) is 4.81. The second-order valence-corrected chi connectivity index (χ2v) is 6.59. The normalized spacial score (nSPS) is 30.3. The predicted molar refractivity (Wildman–Crippen MR) is 79.6 cm³/mol. The van der Waals surface area contributed by atoms with Crippen molar-refractivity contribution < 1.29 is 4.79 Å². The van der Waals surface area contributed by atoms with Crippen LogP contribution in [0.3, 0.4) is 0 Å². The number of hydrogen-bond acceptors (Lipinski definition) is 4. The summed E-state index contributed by atoms with van der Waals surface area (Å²) >= 11 is 0. The lowest BCUT2D eigenvalue weighted by molar-refractivity contribution is -0.140. The number of amides is 1. The van der Waals surface area contributed by atoms with E-state index in [0.717, 1.165) is 51.9 Å². The zero-order chi connectivity index (χ0) is 14.7. The fraction of sp³-hybridized carbons (Fsp3) is 0.800. The van der Waals surface area contributed by atoms with Crippen LogP contribution in [0.5, 0.6) is 0 Å². The molecule has 0 radical (unpaired) electrons. The maximum atomic E-state index is 12.9. The Balaban J connectivity index is 1.61. The molecule has 0 spiro atoms. The summed E-state index contributed by atoms with van der Waals surface area (Å²) < 4.78 is 1.87. The van der Waals surface area contributed by atoms with E-state index in [2.05, 4.69) is 27.2 Å². The van der Waals surface area contributed by atoms with Crippen molar-refractivity contribution >= 4 is 5.91 Å². The molecule has 0 bridgehead atoms. The monoisotopic (exact) mass is 291 g/mol. The maximum Gasteiger partial charge on any atom is 0.242 e. The van der Waals surface area contributed by atoms with Crippen molar-refractivity contribution in [2.45, 2.75) is 51.1 Å². The van der Waals surface area contributed by atoms with Crippen LogP contribution >= 0.6 is 0 Å². The molecular formula is C15H25N5O. The van der Waals surface area contributed by atoms with E-state index in [4.69, 9.17) is 0 Å². The Morgan fingerprint density at radius 1 is 1.43 bits per heavy atom. The molecule has 6 heteroatoms. The summed E-state index contributed by atoms with van der Waals surface area (Å²) in [6.07, 6.45) is 8.85. The third-order valence-corrected chi connectivity index (χ3v) is 4.81. The van der Waals surface area contributed by atoms with Crippen LogP contribution in [0, 0.1) is 5.92 Å². The van der Waals surface area contributed by atoms with Crippen LogP contribution in [-0.4, -0.2) is 50.7 Å². The average molecular weight is 291 g/mol. The highest BCUT2D eigenvalue weighted by Gasteiger charge is 2.38. The van der Waals surface area contributed by atoms with E-state index in [9.17, 15) is 4.79 Å². The molecule has 0 aromatic carbocycles. The van der Waals surface area contributed by atoms with Gasteiger partial charge in [-0.1, -0.05) is 0 Å². The van der Waals surface area contributed by atoms with Crippen LogP contribution < -0.4 is 5.32 Å². The molecule has 2 atom stereocenters. The molecule has 2 aliphatic rings. The topological polar surface area (TPSA) is 63.1 Å². The Morgan fingerprint density at radius 2 is 2.33 bits per heavy atom. The standard InChI is InChI=1S/C15H25N5O/c1-15(6-2-3-7-17-15)14(21)19-8-4-5-13(9-19)10-20-12-16-11-18-20/h11-13,17H,2-10H2,1H3/t13-,15-/m0/s1. The average Bonchev–Trinajstić information content (AvgIpc) is 3.00. The summed E-state index contributed by atoms with van der Waals surface area (Å²) in [6.45, 7) is 5.61. The summed E-state index contributed by atoms with van der Waals surface area (Å²) in [4.78, 5) is 18.9. The van der Waals surface area contributed by atoms with Gasteiger partial charge in [-0.05, 0) is 51.5 Å². The lowest BCUT2D eigenvalue weighted by atomic mass is 9.88. The quantitative estimate of drug-likeness (QED) is 0.904. The van der Waals surface area contributed by atoms with Gasteiger partial charge in [0.25, 0.3) is 0 Å². The molecule has 116 valence electrons. The second-order valence-electron chi connectivity index (χ2n) is 6.59. The molecule has 1 aromatic heterocycles. The van der Waals surface area contributed by atoms with E-state index in [1.165, 1.54) is 6.42 Å². The predicted octanol–water partition coefficient (Wildman–Crippen LogP) is 1.05. The molecule has 2 saturated heterocycles. The summed E-state index contributed by atoms with van der Waals surface area (Å²) in [5, 5.41) is 7.61. The van der Waals surface area contributed by atoms with Crippen LogP contribution in [0.15, 0.2) is 12.7 Å². The minimum Gasteiger partial charge on any atom is -0.341 e. The van der Waals surface area contributed by atoms with Crippen LogP contribution in [0.4, 0.5) is 0 Å². The van der Waals surface area contributed by atoms with Gasteiger partial charge >= 0.3 is 0 Å². The third kappa shape index (κ3) is 3.26. The number of hydrogen-bond donors (Lipinski definition) is 1. The number of carbonyl (C=O) groups excluding carboxylic acids is 1. The molecule has 3 rings (SSSR count). The fourth-order valence-electron chi connectivity index (χ4n) is 3.58. The first-order chi connectivity index (χ1) is 10.2. The summed E-state index contributed by atoms with van der Waals surface area (Å²) in [5.41, 5.74) is -0.354. The Bertz CT molecular complexity index is 466. The number of aromatic nitrogens is 3. The van der Waals surface area contributed by atoms with Crippen molar-refractivity contribution in [1.29, 1.82) is 0 Å². The maximum absolute atomic E-state index is 12.9. The van der Waals surface area contributed by atoms with Gasteiger partial charge in [-0.2, -0.15) is 5.10 Å². The van der Waals surface area contributed by atoms with Gasteiger partial charge in [0, 0.05) is 19.6 Å². The fourth-order valence-corrected chi connectivity index (χ4v) is 3.58. The number of nitrogens with one attached hydrogen (secondary N) is 1. The molecule has 1 amide bonds. The minimum atomic E-state index is -0.354. The number of nitrogens with zero attached hydrogens (tertiary/aromatic N) is 4. The van der Waals surface area contributed by atoms with Crippen molar-refractivity contribution in [2.24, 2.45) is 5.92 Å². The molecule has 0 unspecified atom stereocenters. The number of likely N-dealkylation sites (tertiary alicyclic amines) is 1.